The average Bonchev–Trinajstić information content (AvgIpc) is 2.79. The van der Waals surface area contributed by atoms with Crippen molar-refractivity contribution in [3.8, 4) is 0 Å². The van der Waals surface area contributed by atoms with Gasteiger partial charge in [-0.15, -0.1) is 10.2 Å². The normalized spacial score (nSPS) is 22.6. The molecule has 1 aromatic rings. The molecule has 0 aromatic carbocycles. The molecule has 0 bridgehead atoms. The smallest absolute Gasteiger partial charge is 0.136 e. The van der Waals surface area contributed by atoms with Crippen molar-refractivity contribution in [2.45, 2.75) is 38.1 Å². The van der Waals surface area contributed by atoms with Crippen molar-refractivity contribution in [3.05, 3.63) is 11.6 Å². The number of hydrogen-bond donors (Lipinski definition) is 1. The maximum Gasteiger partial charge on any atom is 0.136 e. The van der Waals surface area contributed by atoms with Gasteiger partial charge < -0.3 is 9.88 Å². The first kappa shape index (κ1) is 8.41. The van der Waals surface area contributed by atoms with Gasteiger partial charge in [0.25, 0.3) is 0 Å². The number of nitrogens with one attached hydrogen (secondary N) is 1. The van der Waals surface area contributed by atoms with Crippen LogP contribution in [0.15, 0.2) is 0 Å². The van der Waals surface area contributed by atoms with Crippen LogP contribution in [0.1, 0.15) is 36.8 Å². The number of piperidine rings is 1. The fourth-order valence-electron chi connectivity index (χ4n) is 2.56. The summed E-state index contributed by atoms with van der Waals surface area (Å²) in [5.74, 6) is 3.10. The van der Waals surface area contributed by atoms with Gasteiger partial charge in [-0.25, -0.2) is 0 Å². The molecule has 3 rings (SSSR count). The lowest BCUT2D eigenvalue weighted by atomic mass is 9.97. The number of hydrogen-bond acceptors (Lipinski definition) is 3. The summed E-state index contributed by atoms with van der Waals surface area (Å²) in [7, 11) is 0. The van der Waals surface area contributed by atoms with E-state index >= 15 is 0 Å². The first-order valence-corrected chi connectivity index (χ1v) is 5.58. The third-order valence-electron chi connectivity index (χ3n) is 3.34. The second-order valence-electron chi connectivity index (χ2n) is 4.25. The van der Waals surface area contributed by atoms with Crippen LogP contribution in [-0.4, -0.2) is 27.9 Å². The number of aryl methyl sites for hydroxylation is 1. The molecule has 0 radical (unpaired) electrons. The van der Waals surface area contributed by atoms with Crippen molar-refractivity contribution in [1.29, 1.82) is 0 Å². The lowest BCUT2D eigenvalue weighted by molar-refractivity contribution is 0.431. The second kappa shape index (κ2) is 3.35. The molecule has 0 unspecified atom stereocenters. The minimum absolute atomic E-state index is 0.649. The molecule has 0 atom stereocenters. The van der Waals surface area contributed by atoms with Crippen LogP contribution in [-0.2, 0) is 13.0 Å². The molecule has 3 heterocycles. The SMILES string of the molecule is C1Cc2nnc(C3CCNCC3)n2C1. The molecule has 4 heteroatoms. The predicted molar refractivity (Wildman–Crippen MR) is 53.2 cm³/mol. The van der Waals surface area contributed by atoms with E-state index in [0.717, 1.165) is 26.1 Å². The quantitative estimate of drug-likeness (QED) is 0.712. The molecule has 4 nitrogen and oxygen atoms in total. The van der Waals surface area contributed by atoms with Crippen LogP contribution in [0.3, 0.4) is 0 Å². The number of rotatable bonds is 1. The van der Waals surface area contributed by atoms with Gasteiger partial charge in [-0.05, 0) is 32.4 Å². The molecule has 76 valence electrons. The van der Waals surface area contributed by atoms with Crippen molar-refractivity contribution >= 4 is 0 Å². The Hall–Kier alpha value is -0.900. The fraction of sp³-hybridized carbons (Fsp3) is 0.800. The van der Waals surface area contributed by atoms with E-state index in [9.17, 15) is 0 Å². The number of nitrogens with zero attached hydrogens (tertiary/aromatic N) is 3. The summed E-state index contributed by atoms with van der Waals surface area (Å²) < 4.78 is 2.34. The van der Waals surface area contributed by atoms with E-state index < -0.39 is 0 Å². The minimum atomic E-state index is 0.649. The van der Waals surface area contributed by atoms with Crippen LogP contribution >= 0.6 is 0 Å². The Balaban J connectivity index is 1.88. The van der Waals surface area contributed by atoms with E-state index in [1.165, 1.54) is 30.9 Å². The Morgan fingerprint density at radius 3 is 2.93 bits per heavy atom. The van der Waals surface area contributed by atoms with Crippen LogP contribution in [0.5, 0.6) is 0 Å². The molecule has 0 amide bonds. The summed E-state index contributed by atoms with van der Waals surface area (Å²) in [5, 5.41) is 12.0. The lowest BCUT2D eigenvalue weighted by Crippen LogP contribution is -2.28. The maximum atomic E-state index is 4.35. The standard InChI is InChI=1S/C10H16N4/c1-2-9-12-13-10(14(9)7-1)8-3-5-11-6-4-8/h8,11H,1-7H2. The van der Waals surface area contributed by atoms with Gasteiger partial charge in [0, 0.05) is 18.9 Å². The third-order valence-corrected chi connectivity index (χ3v) is 3.34. The zero-order chi connectivity index (χ0) is 9.38. The van der Waals surface area contributed by atoms with Gasteiger partial charge in [-0.3, -0.25) is 0 Å². The van der Waals surface area contributed by atoms with E-state index in [0.29, 0.717) is 5.92 Å². The predicted octanol–water partition coefficient (Wildman–Crippen LogP) is 0.691. The van der Waals surface area contributed by atoms with Crippen LogP contribution in [0.4, 0.5) is 0 Å². The largest absolute Gasteiger partial charge is 0.317 e. The molecule has 2 aliphatic heterocycles. The molecule has 0 spiro atoms. The molecule has 0 saturated carbocycles. The lowest BCUT2D eigenvalue weighted by Gasteiger charge is -2.21. The highest BCUT2D eigenvalue weighted by atomic mass is 15.3. The Morgan fingerprint density at radius 2 is 2.07 bits per heavy atom. The maximum absolute atomic E-state index is 4.35. The van der Waals surface area contributed by atoms with E-state index in [-0.39, 0.29) is 0 Å². The third kappa shape index (κ3) is 1.25. The van der Waals surface area contributed by atoms with Gasteiger partial charge >= 0.3 is 0 Å². The van der Waals surface area contributed by atoms with Gasteiger partial charge in [-0.2, -0.15) is 0 Å². The van der Waals surface area contributed by atoms with Crippen LogP contribution in [0, 0.1) is 0 Å². The van der Waals surface area contributed by atoms with Crippen molar-refractivity contribution in [2.24, 2.45) is 0 Å². The Labute approximate surface area is 83.7 Å². The highest BCUT2D eigenvalue weighted by Crippen LogP contribution is 2.26. The molecule has 0 aliphatic carbocycles. The molecule has 1 aromatic heterocycles. The van der Waals surface area contributed by atoms with Gasteiger partial charge in [-0.1, -0.05) is 0 Å². The highest BCUT2D eigenvalue weighted by Gasteiger charge is 2.24. The van der Waals surface area contributed by atoms with E-state index in [1.807, 2.05) is 0 Å². The summed E-state index contributed by atoms with van der Waals surface area (Å²) in [6.45, 7) is 3.40. The molecule has 1 N–H and O–H groups in total. The highest BCUT2D eigenvalue weighted by molar-refractivity contribution is 5.06. The zero-order valence-electron chi connectivity index (χ0n) is 8.37. The average molecular weight is 192 g/mol. The van der Waals surface area contributed by atoms with Crippen molar-refractivity contribution in [3.63, 3.8) is 0 Å². The van der Waals surface area contributed by atoms with Crippen LogP contribution < -0.4 is 5.32 Å². The minimum Gasteiger partial charge on any atom is -0.317 e. The van der Waals surface area contributed by atoms with Crippen molar-refractivity contribution in [1.82, 2.24) is 20.1 Å². The second-order valence-corrected chi connectivity index (χ2v) is 4.25. The van der Waals surface area contributed by atoms with E-state index in [1.54, 1.807) is 0 Å². The first-order valence-electron chi connectivity index (χ1n) is 5.58. The Morgan fingerprint density at radius 1 is 1.21 bits per heavy atom. The summed E-state index contributed by atoms with van der Waals surface area (Å²) in [6, 6.07) is 0. The van der Waals surface area contributed by atoms with Crippen molar-refractivity contribution in [2.75, 3.05) is 13.1 Å². The summed E-state index contributed by atoms with van der Waals surface area (Å²) in [6.07, 6.45) is 4.82. The summed E-state index contributed by atoms with van der Waals surface area (Å²) >= 11 is 0. The Bertz CT molecular complexity index is 325. The number of fused-ring (bicyclic) bond motifs is 1. The molecular weight excluding hydrogens is 176 g/mol. The zero-order valence-corrected chi connectivity index (χ0v) is 8.37. The summed E-state index contributed by atoms with van der Waals surface area (Å²) in [5.41, 5.74) is 0. The monoisotopic (exact) mass is 192 g/mol. The van der Waals surface area contributed by atoms with Gasteiger partial charge in [0.05, 0.1) is 0 Å². The van der Waals surface area contributed by atoms with Gasteiger partial charge in [0.15, 0.2) is 0 Å². The number of aromatic nitrogens is 3. The molecule has 2 aliphatic rings. The van der Waals surface area contributed by atoms with Crippen molar-refractivity contribution < 1.29 is 0 Å². The Kier molecular flexibility index (Phi) is 2.01. The van der Waals surface area contributed by atoms with Gasteiger partial charge in [0.1, 0.15) is 11.6 Å². The topological polar surface area (TPSA) is 42.7 Å². The molecule has 1 saturated heterocycles. The summed E-state index contributed by atoms with van der Waals surface area (Å²) in [4.78, 5) is 0. The molecule has 14 heavy (non-hydrogen) atoms. The van der Waals surface area contributed by atoms with Gasteiger partial charge in [0.2, 0.25) is 0 Å². The van der Waals surface area contributed by atoms with Crippen LogP contribution in [0.2, 0.25) is 0 Å². The molecular formula is C10H16N4. The fourth-order valence-corrected chi connectivity index (χ4v) is 2.56. The molecule has 1 fully saturated rings. The van der Waals surface area contributed by atoms with Crippen LogP contribution in [0.25, 0.3) is 0 Å². The van der Waals surface area contributed by atoms with E-state index in [4.69, 9.17) is 0 Å². The first-order chi connectivity index (χ1) is 6.95. The van der Waals surface area contributed by atoms with E-state index in [2.05, 4.69) is 20.1 Å².